The Hall–Kier alpha value is -3.28. The molecular formula is C22H13ClF3N3O3S2. The van der Waals surface area contributed by atoms with Gasteiger partial charge in [-0.15, -0.1) is 11.3 Å². The Morgan fingerprint density at radius 2 is 1.74 bits per heavy atom. The van der Waals surface area contributed by atoms with Gasteiger partial charge < -0.3 is 0 Å². The third-order valence-electron chi connectivity index (χ3n) is 4.71. The van der Waals surface area contributed by atoms with Gasteiger partial charge in [-0.25, -0.2) is 26.6 Å². The number of carbonyl (C=O) groups is 1. The zero-order valence-corrected chi connectivity index (χ0v) is 19.3. The molecule has 34 heavy (non-hydrogen) atoms. The fraction of sp³-hybridized carbons (Fsp3) is 0.0455. The van der Waals surface area contributed by atoms with E-state index < -0.39 is 50.2 Å². The van der Waals surface area contributed by atoms with E-state index in [0.717, 1.165) is 52.9 Å². The van der Waals surface area contributed by atoms with E-state index in [-0.39, 0.29) is 20.6 Å². The summed E-state index contributed by atoms with van der Waals surface area (Å²) in [5.74, 6) is -3.88. The van der Waals surface area contributed by atoms with Crippen molar-refractivity contribution in [3.63, 3.8) is 0 Å². The minimum absolute atomic E-state index is 0.0627. The number of sulfone groups is 1. The first-order valence-electron chi connectivity index (χ1n) is 9.48. The lowest BCUT2D eigenvalue weighted by Gasteiger charge is -2.22. The van der Waals surface area contributed by atoms with Gasteiger partial charge in [0.1, 0.15) is 22.3 Å². The summed E-state index contributed by atoms with van der Waals surface area (Å²) in [6.07, 6.45) is 3.37. The Morgan fingerprint density at radius 3 is 2.38 bits per heavy atom. The SMILES string of the molecule is O=C(c1cncc(F)c1)N(Cc1c(F)ccc(F)c1S(=O)(=O)c1ccc(Cl)cc1)c1nccs1. The number of nitrogens with zero attached hydrogens (tertiary/aromatic N) is 3. The molecule has 2 aromatic carbocycles. The van der Waals surface area contributed by atoms with Gasteiger partial charge in [0, 0.05) is 28.4 Å². The second kappa shape index (κ2) is 9.53. The van der Waals surface area contributed by atoms with Crippen LogP contribution in [0.3, 0.4) is 0 Å². The van der Waals surface area contributed by atoms with Crippen LogP contribution < -0.4 is 4.90 Å². The van der Waals surface area contributed by atoms with Gasteiger partial charge in [0.25, 0.3) is 5.91 Å². The van der Waals surface area contributed by atoms with E-state index in [1.54, 1.807) is 0 Å². The van der Waals surface area contributed by atoms with E-state index in [0.29, 0.717) is 6.07 Å². The number of anilines is 1. The molecule has 2 heterocycles. The Kier molecular flexibility index (Phi) is 6.69. The van der Waals surface area contributed by atoms with E-state index in [1.165, 1.54) is 23.7 Å². The van der Waals surface area contributed by atoms with Crippen LogP contribution in [0.5, 0.6) is 0 Å². The zero-order chi connectivity index (χ0) is 24.5. The number of thiazole rings is 1. The summed E-state index contributed by atoms with van der Waals surface area (Å²) in [6.45, 7) is -0.700. The summed E-state index contributed by atoms with van der Waals surface area (Å²) >= 11 is 6.81. The fourth-order valence-corrected chi connectivity index (χ4v) is 5.47. The summed E-state index contributed by atoms with van der Waals surface area (Å²) in [5.41, 5.74) is -0.781. The van der Waals surface area contributed by atoms with Gasteiger partial charge in [-0.3, -0.25) is 14.7 Å². The molecule has 0 bridgehead atoms. The number of aromatic nitrogens is 2. The van der Waals surface area contributed by atoms with Crippen molar-refractivity contribution in [2.45, 2.75) is 16.3 Å². The smallest absolute Gasteiger partial charge is 0.262 e. The van der Waals surface area contributed by atoms with Gasteiger partial charge in [-0.1, -0.05) is 11.6 Å². The first-order valence-corrected chi connectivity index (χ1v) is 12.2. The van der Waals surface area contributed by atoms with Crippen molar-refractivity contribution in [3.8, 4) is 0 Å². The summed E-state index contributed by atoms with van der Waals surface area (Å²) in [5, 5.41) is 1.85. The average molecular weight is 524 g/mol. The molecule has 6 nitrogen and oxygen atoms in total. The molecule has 0 N–H and O–H groups in total. The van der Waals surface area contributed by atoms with Crippen LogP contribution in [0.4, 0.5) is 18.3 Å². The molecule has 4 rings (SSSR count). The summed E-state index contributed by atoms with van der Waals surface area (Å²) in [4.78, 5) is 20.5. The largest absolute Gasteiger partial charge is 0.279 e. The van der Waals surface area contributed by atoms with E-state index in [2.05, 4.69) is 9.97 Å². The van der Waals surface area contributed by atoms with E-state index in [1.807, 2.05) is 0 Å². The maximum absolute atomic E-state index is 15.0. The molecule has 0 aliphatic heterocycles. The maximum atomic E-state index is 15.0. The van der Waals surface area contributed by atoms with Crippen molar-refractivity contribution in [1.82, 2.24) is 9.97 Å². The number of rotatable bonds is 6. The molecule has 0 aliphatic rings. The predicted octanol–water partition coefficient (Wildman–Crippen LogP) is 5.29. The molecular weight excluding hydrogens is 511 g/mol. The number of hydrogen-bond acceptors (Lipinski definition) is 6. The molecule has 0 aliphatic carbocycles. The summed E-state index contributed by atoms with van der Waals surface area (Å²) in [6, 6.07) is 7.29. The monoisotopic (exact) mass is 523 g/mol. The summed E-state index contributed by atoms with van der Waals surface area (Å²) in [7, 11) is -4.55. The Morgan fingerprint density at radius 1 is 1.03 bits per heavy atom. The van der Waals surface area contributed by atoms with Gasteiger partial charge in [0.05, 0.1) is 23.2 Å². The lowest BCUT2D eigenvalue weighted by Crippen LogP contribution is -2.32. The lowest BCUT2D eigenvalue weighted by atomic mass is 10.1. The number of halogens is 4. The standard InChI is InChI=1S/C22H13ClF3N3O3S2/c23-14-1-3-16(4-2-14)34(31,32)20-17(18(25)5-6-19(20)26)12-29(22-28-7-8-33-22)21(30)13-9-15(24)11-27-10-13/h1-11H,12H2. The van der Waals surface area contributed by atoms with Crippen molar-refractivity contribution in [2.24, 2.45) is 0 Å². The molecule has 0 unspecified atom stereocenters. The second-order valence-corrected chi connectivity index (χ2v) is 10.1. The van der Waals surface area contributed by atoms with E-state index in [4.69, 9.17) is 11.6 Å². The molecule has 0 saturated heterocycles. The Labute approximate surface area is 201 Å². The quantitative estimate of drug-likeness (QED) is 0.343. The average Bonchev–Trinajstić information content (AvgIpc) is 3.34. The highest BCUT2D eigenvalue weighted by Crippen LogP contribution is 2.32. The van der Waals surface area contributed by atoms with E-state index in [9.17, 15) is 26.4 Å². The first-order chi connectivity index (χ1) is 16.2. The fourth-order valence-electron chi connectivity index (χ4n) is 3.16. The Bertz CT molecular complexity index is 1460. The summed E-state index contributed by atoms with van der Waals surface area (Å²) < 4.78 is 70.1. The van der Waals surface area contributed by atoms with Crippen LogP contribution >= 0.6 is 22.9 Å². The minimum atomic E-state index is -4.55. The van der Waals surface area contributed by atoms with Crippen LogP contribution in [0.1, 0.15) is 15.9 Å². The number of hydrogen-bond donors (Lipinski definition) is 0. The van der Waals surface area contributed by atoms with Crippen LogP contribution in [0.25, 0.3) is 0 Å². The lowest BCUT2D eigenvalue weighted by molar-refractivity contribution is 0.0983. The molecule has 0 spiro atoms. The topological polar surface area (TPSA) is 80.2 Å². The van der Waals surface area contributed by atoms with Crippen LogP contribution in [0, 0.1) is 17.5 Å². The molecule has 1 amide bonds. The van der Waals surface area contributed by atoms with Crippen LogP contribution in [0.15, 0.2) is 76.2 Å². The molecule has 0 fully saturated rings. The third-order valence-corrected chi connectivity index (χ3v) is 7.63. The maximum Gasteiger partial charge on any atom is 0.262 e. The molecule has 4 aromatic rings. The van der Waals surface area contributed by atoms with Crippen LogP contribution in [-0.4, -0.2) is 24.3 Å². The molecule has 0 radical (unpaired) electrons. The second-order valence-electron chi connectivity index (χ2n) is 6.89. The number of pyridine rings is 1. The minimum Gasteiger partial charge on any atom is -0.279 e. The van der Waals surface area contributed by atoms with Gasteiger partial charge in [-0.05, 0) is 42.5 Å². The first kappa shape index (κ1) is 23.9. The number of benzene rings is 2. The van der Waals surface area contributed by atoms with Crippen LogP contribution in [-0.2, 0) is 16.4 Å². The third kappa shape index (κ3) is 4.67. The molecule has 0 saturated carbocycles. The molecule has 12 heteroatoms. The molecule has 174 valence electrons. The molecule has 2 aromatic heterocycles. The predicted molar refractivity (Wildman–Crippen MR) is 120 cm³/mol. The number of amides is 1. The van der Waals surface area contributed by atoms with E-state index >= 15 is 0 Å². The van der Waals surface area contributed by atoms with Crippen molar-refractivity contribution in [2.75, 3.05) is 4.90 Å². The van der Waals surface area contributed by atoms with Crippen molar-refractivity contribution in [3.05, 3.63) is 100 Å². The van der Waals surface area contributed by atoms with Crippen molar-refractivity contribution >= 4 is 43.8 Å². The number of carbonyl (C=O) groups excluding carboxylic acids is 1. The molecule has 0 atom stereocenters. The van der Waals surface area contributed by atoms with Crippen molar-refractivity contribution in [1.29, 1.82) is 0 Å². The normalized spacial score (nSPS) is 11.4. The van der Waals surface area contributed by atoms with Crippen LogP contribution in [0.2, 0.25) is 5.02 Å². The van der Waals surface area contributed by atoms with Gasteiger partial charge in [0.15, 0.2) is 5.13 Å². The van der Waals surface area contributed by atoms with Gasteiger partial charge in [-0.2, -0.15) is 0 Å². The highest BCUT2D eigenvalue weighted by molar-refractivity contribution is 7.91. The van der Waals surface area contributed by atoms with Gasteiger partial charge >= 0.3 is 0 Å². The van der Waals surface area contributed by atoms with Crippen molar-refractivity contribution < 1.29 is 26.4 Å². The highest BCUT2D eigenvalue weighted by atomic mass is 35.5. The van der Waals surface area contributed by atoms with Gasteiger partial charge in [0.2, 0.25) is 9.84 Å². The highest BCUT2D eigenvalue weighted by Gasteiger charge is 2.31. The Balaban J connectivity index is 1.85. The zero-order valence-electron chi connectivity index (χ0n) is 17.0.